The molecule has 0 bridgehead atoms. The fourth-order valence-electron chi connectivity index (χ4n) is 3.45. The Morgan fingerprint density at radius 1 is 1.17 bits per heavy atom. The van der Waals surface area contributed by atoms with Crippen molar-refractivity contribution in [2.45, 2.75) is 32.7 Å². The molecule has 1 aromatic heterocycles. The molecule has 0 radical (unpaired) electrons. The average Bonchev–Trinajstić information content (AvgIpc) is 3.00. The fraction of sp³-hybridized carbons (Fsp3) is 0.647. The second kappa shape index (κ2) is 7.01. The number of hydrogen-bond donors (Lipinski definition) is 1. The molecule has 0 aromatic carbocycles. The minimum atomic E-state index is 0.102. The van der Waals surface area contributed by atoms with E-state index in [-0.39, 0.29) is 17.7 Å². The second-order valence-electron chi connectivity index (χ2n) is 6.60. The Labute approximate surface area is 141 Å². The molecule has 1 N–H and O–H groups in total. The van der Waals surface area contributed by atoms with Gasteiger partial charge in [-0.1, -0.05) is 0 Å². The molecule has 2 aliphatic rings. The quantitative estimate of drug-likeness (QED) is 0.895. The summed E-state index contributed by atoms with van der Waals surface area (Å²) >= 11 is 1.54. The number of carbonyl (C=O) groups excluding carboxylic acids is 2. The lowest BCUT2D eigenvalue weighted by molar-refractivity contribution is -0.138. The third-order valence-electron chi connectivity index (χ3n) is 4.80. The zero-order chi connectivity index (χ0) is 16.4. The van der Waals surface area contributed by atoms with Gasteiger partial charge >= 0.3 is 0 Å². The highest BCUT2D eigenvalue weighted by molar-refractivity contribution is 7.13. The standard InChI is InChI=1S/C17H25N3O2S/c1-12-11-14(5-6-18-12)16(21)19-7-9-20(10-8-19)17(22)15-4-3-13(2)23-15/h3-4,12,14,18H,5-11H2,1-2H3/t12-,14-/m0/s1. The molecule has 2 saturated heterocycles. The summed E-state index contributed by atoms with van der Waals surface area (Å²) in [5.74, 6) is 0.525. The van der Waals surface area contributed by atoms with Gasteiger partial charge in [0.15, 0.2) is 0 Å². The van der Waals surface area contributed by atoms with Crippen LogP contribution in [0.25, 0.3) is 0 Å². The first-order valence-electron chi connectivity index (χ1n) is 8.42. The third-order valence-corrected chi connectivity index (χ3v) is 5.79. The van der Waals surface area contributed by atoms with E-state index >= 15 is 0 Å². The smallest absolute Gasteiger partial charge is 0.264 e. The number of nitrogens with one attached hydrogen (secondary N) is 1. The lowest BCUT2D eigenvalue weighted by atomic mass is 9.92. The lowest BCUT2D eigenvalue weighted by Gasteiger charge is -2.38. The molecule has 2 atom stereocenters. The SMILES string of the molecule is Cc1ccc(C(=O)N2CCN(C(=O)[C@H]3CCN[C@@H](C)C3)CC2)s1. The van der Waals surface area contributed by atoms with E-state index in [0.717, 1.165) is 29.1 Å². The lowest BCUT2D eigenvalue weighted by Crippen LogP contribution is -2.53. The fourth-order valence-corrected chi connectivity index (χ4v) is 4.29. The van der Waals surface area contributed by atoms with E-state index in [1.165, 1.54) is 0 Å². The van der Waals surface area contributed by atoms with Gasteiger partial charge in [0, 0.05) is 43.0 Å². The molecule has 2 aliphatic heterocycles. The minimum Gasteiger partial charge on any atom is -0.339 e. The summed E-state index contributed by atoms with van der Waals surface area (Å²) < 4.78 is 0. The Morgan fingerprint density at radius 3 is 2.48 bits per heavy atom. The Hall–Kier alpha value is -1.40. The van der Waals surface area contributed by atoms with E-state index in [2.05, 4.69) is 12.2 Å². The molecule has 5 nitrogen and oxygen atoms in total. The number of piperazine rings is 1. The molecule has 0 spiro atoms. The molecule has 3 rings (SSSR count). The summed E-state index contributed by atoms with van der Waals surface area (Å²) in [4.78, 5) is 30.9. The van der Waals surface area contributed by atoms with Crippen LogP contribution in [0, 0.1) is 12.8 Å². The highest BCUT2D eigenvalue weighted by Gasteiger charge is 2.31. The Bertz CT molecular complexity index is 578. The van der Waals surface area contributed by atoms with E-state index in [0.29, 0.717) is 32.2 Å². The molecular weight excluding hydrogens is 310 g/mol. The van der Waals surface area contributed by atoms with Crippen molar-refractivity contribution in [3.8, 4) is 0 Å². The van der Waals surface area contributed by atoms with Gasteiger partial charge in [-0.2, -0.15) is 0 Å². The van der Waals surface area contributed by atoms with Crippen LogP contribution >= 0.6 is 11.3 Å². The summed E-state index contributed by atoms with van der Waals surface area (Å²) in [6.45, 7) is 7.68. The van der Waals surface area contributed by atoms with Crippen LogP contribution in [0.1, 0.15) is 34.3 Å². The molecule has 2 fully saturated rings. The van der Waals surface area contributed by atoms with Crippen molar-refractivity contribution < 1.29 is 9.59 Å². The zero-order valence-corrected chi connectivity index (χ0v) is 14.7. The van der Waals surface area contributed by atoms with Gasteiger partial charge in [0.2, 0.25) is 5.91 Å². The van der Waals surface area contributed by atoms with Crippen LogP contribution in [0.5, 0.6) is 0 Å². The van der Waals surface area contributed by atoms with E-state index in [4.69, 9.17) is 0 Å². The van der Waals surface area contributed by atoms with E-state index in [1.54, 1.807) is 11.3 Å². The van der Waals surface area contributed by atoms with Crippen molar-refractivity contribution in [1.29, 1.82) is 0 Å². The minimum absolute atomic E-state index is 0.102. The first kappa shape index (κ1) is 16.5. The highest BCUT2D eigenvalue weighted by atomic mass is 32.1. The first-order chi connectivity index (χ1) is 11.0. The van der Waals surface area contributed by atoms with Crippen LogP contribution in [0.3, 0.4) is 0 Å². The van der Waals surface area contributed by atoms with Crippen LogP contribution in [0.15, 0.2) is 12.1 Å². The molecule has 0 saturated carbocycles. The first-order valence-corrected chi connectivity index (χ1v) is 9.24. The van der Waals surface area contributed by atoms with E-state index < -0.39 is 0 Å². The van der Waals surface area contributed by atoms with Crippen molar-refractivity contribution in [3.05, 3.63) is 21.9 Å². The van der Waals surface area contributed by atoms with Gasteiger partial charge in [-0.25, -0.2) is 0 Å². The van der Waals surface area contributed by atoms with Crippen molar-refractivity contribution in [3.63, 3.8) is 0 Å². The number of piperidine rings is 1. The summed E-state index contributed by atoms with van der Waals surface area (Å²) in [5, 5.41) is 3.39. The van der Waals surface area contributed by atoms with Gasteiger partial charge in [0.25, 0.3) is 5.91 Å². The highest BCUT2D eigenvalue weighted by Crippen LogP contribution is 2.21. The number of aryl methyl sites for hydroxylation is 1. The average molecular weight is 335 g/mol. The molecule has 3 heterocycles. The van der Waals surface area contributed by atoms with Gasteiger partial charge in [-0.05, 0) is 45.4 Å². The third kappa shape index (κ3) is 3.75. The molecular formula is C17H25N3O2S. The monoisotopic (exact) mass is 335 g/mol. The van der Waals surface area contributed by atoms with Crippen LogP contribution in [0.2, 0.25) is 0 Å². The summed E-state index contributed by atoms with van der Waals surface area (Å²) in [6.07, 6.45) is 1.85. The van der Waals surface area contributed by atoms with E-state index in [9.17, 15) is 9.59 Å². The van der Waals surface area contributed by atoms with Gasteiger partial charge in [0.1, 0.15) is 0 Å². The van der Waals surface area contributed by atoms with Crippen molar-refractivity contribution in [2.75, 3.05) is 32.7 Å². The maximum atomic E-state index is 12.6. The number of thiophene rings is 1. The van der Waals surface area contributed by atoms with Crippen LogP contribution in [-0.2, 0) is 4.79 Å². The Balaban J connectivity index is 1.53. The van der Waals surface area contributed by atoms with Crippen LogP contribution in [-0.4, -0.2) is 60.4 Å². The summed E-state index contributed by atoms with van der Waals surface area (Å²) in [5.41, 5.74) is 0. The van der Waals surface area contributed by atoms with Crippen LogP contribution < -0.4 is 5.32 Å². The molecule has 0 aliphatic carbocycles. The molecule has 1 aromatic rings. The number of carbonyl (C=O) groups is 2. The Kier molecular flexibility index (Phi) is 5.02. The molecule has 23 heavy (non-hydrogen) atoms. The maximum Gasteiger partial charge on any atom is 0.264 e. The van der Waals surface area contributed by atoms with Crippen molar-refractivity contribution in [2.24, 2.45) is 5.92 Å². The second-order valence-corrected chi connectivity index (χ2v) is 7.89. The van der Waals surface area contributed by atoms with Crippen molar-refractivity contribution >= 4 is 23.2 Å². The van der Waals surface area contributed by atoms with Gasteiger partial charge in [0.05, 0.1) is 4.88 Å². The maximum absolute atomic E-state index is 12.6. The molecule has 2 amide bonds. The van der Waals surface area contributed by atoms with E-state index in [1.807, 2.05) is 28.9 Å². The number of nitrogens with zero attached hydrogens (tertiary/aromatic N) is 2. The summed E-state index contributed by atoms with van der Waals surface area (Å²) in [6, 6.07) is 4.30. The number of rotatable bonds is 2. The predicted molar refractivity (Wildman–Crippen MR) is 91.7 cm³/mol. The molecule has 0 unspecified atom stereocenters. The topological polar surface area (TPSA) is 52.7 Å². The Morgan fingerprint density at radius 2 is 1.87 bits per heavy atom. The predicted octanol–water partition coefficient (Wildman–Crippen LogP) is 1.73. The zero-order valence-electron chi connectivity index (χ0n) is 13.9. The van der Waals surface area contributed by atoms with Crippen LogP contribution in [0.4, 0.5) is 0 Å². The largest absolute Gasteiger partial charge is 0.339 e. The van der Waals surface area contributed by atoms with Gasteiger partial charge in [-0.3, -0.25) is 9.59 Å². The van der Waals surface area contributed by atoms with Gasteiger partial charge < -0.3 is 15.1 Å². The number of hydrogen-bond acceptors (Lipinski definition) is 4. The normalized spacial score (nSPS) is 25.5. The van der Waals surface area contributed by atoms with Gasteiger partial charge in [-0.15, -0.1) is 11.3 Å². The summed E-state index contributed by atoms with van der Waals surface area (Å²) in [7, 11) is 0. The van der Waals surface area contributed by atoms with Crippen molar-refractivity contribution in [1.82, 2.24) is 15.1 Å². The molecule has 6 heteroatoms. The number of amides is 2. The molecule has 126 valence electrons.